The minimum Gasteiger partial charge on any atom is -0.404 e. The lowest BCUT2D eigenvalue weighted by molar-refractivity contribution is -0.274. The highest BCUT2D eigenvalue weighted by Crippen LogP contribution is 2.38. The molecule has 38 heavy (non-hydrogen) atoms. The Kier molecular flexibility index (Phi) is 6.52. The molecule has 1 aromatic heterocycles. The molecule has 3 aromatic carbocycles. The first-order valence-corrected chi connectivity index (χ1v) is 11.8. The zero-order valence-electron chi connectivity index (χ0n) is 20.1. The average molecular weight is 526 g/mol. The van der Waals surface area contributed by atoms with Gasteiger partial charge >= 0.3 is 12.4 Å². The first-order chi connectivity index (χ1) is 18.1. The average Bonchev–Trinajstić information content (AvgIpc) is 3.29. The molecule has 1 N–H and O–H groups in total. The number of hydrogen-bond donors (Lipinski definition) is 1. The molecule has 5 rings (SSSR count). The topological polar surface area (TPSA) is 76.5 Å². The van der Waals surface area contributed by atoms with E-state index in [9.17, 15) is 27.2 Å². The summed E-state index contributed by atoms with van der Waals surface area (Å²) in [4.78, 5) is 32.7. The molecular formula is C27H22F4N4O3. The van der Waals surface area contributed by atoms with Crippen molar-refractivity contribution in [2.24, 2.45) is 0 Å². The zero-order chi connectivity index (χ0) is 27.0. The minimum atomic E-state index is -4.96. The van der Waals surface area contributed by atoms with Crippen molar-refractivity contribution in [1.29, 1.82) is 0 Å². The van der Waals surface area contributed by atoms with Gasteiger partial charge in [-0.15, -0.1) is 13.2 Å². The Balaban J connectivity index is 1.58. The van der Waals surface area contributed by atoms with Gasteiger partial charge in [0.25, 0.3) is 5.56 Å². The number of benzene rings is 3. The number of fused-ring (bicyclic) bond motifs is 2. The number of rotatable bonds is 5. The van der Waals surface area contributed by atoms with Crippen molar-refractivity contribution in [3.8, 4) is 5.75 Å². The number of alkyl halides is 3. The second-order valence-corrected chi connectivity index (χ2v) is 8.84. The molecule has 2 heterocycles. The van der Waals surface area contributed by atoms with E-state index in [1.807, 2.05) is 6.07 Å². The number of carbonyl (C=O) groups excluding carboxylic acids is 1. The smallest absolute Gasteiger partial charge is 0.404 e. The van der Waals surface area contributed by atoms with Crippen molar-refractivity contribution in [3.63, 3.8) is 0 Å². The molecule has 1 aliphatic rings. The number of halogens is 4. The Labute approximate surface area is 214 Å². The number of ether oxygens (including phenoxy) is 1. The fraction of sp³-hybridized carbons (Fsp3) is 0.222. The fourth-order valence-corrected chi connectivity index (χ4v) is 4.78. The van der Waals surface area contributed by atoms with E-state index in [1.165, 1.54) is 45.9 Å². The number of para-hydroxylation sites is 3. The van der Waals surface area contributed by atoms with E-state index in [4.69, 9.17) is 0 Å². The van der Waals surface area contributed by atoms with Crippen LogP contribution in [0.15, 0.2) is 77.6 Å². The normalized spacial score (nSPS) is 15.7. The summed E-state index contributed by atoms with van der Waals surface area (Å²) in [6, 6.07) is 16.2. The number of nitrogens with one attached hydrogen (secondary N) is 1. The van der Waals surface area contributed by atoms with Crippen LogP contribution in [0.4, 0.5) is 28.0 Å². The van der Waals surface area contributed by atoms with Crippen LogP contribution in [0.3, 0.4) is 0 Å². The Hall–Kier alpha value is -4.41. The van der Waals surface area contributed by atoms with Crippen LogP contribution in [0.1, 0.15) is 36.8 Å². The fourth-order valence-electron chi connectivity index (χ4n) is 4.78. The maximum atomic E-state index is 14.6. The van der Waals surface area contributed by atoms with Gasteiger partial charge in [0.15, 0.2) is 5.75 Å². The van der Waals surface area contributed by atoms with Gasteiger partial charge in [0.05, 0.1) is 23.2 Å². The van der Waals surface area contributed by atoms with E-state index in [0.29, 0.717) is 6.42 Å². The van der Waals surface area contributed by atoms with Crippen molar-refractivity contribution in [3.05, 3.63) is 100 Å². The van der Waals surface area contributed by atoms with E-state index in [2.05, 4.69) is 15.0 Å². The summed E-state index contributed by atoms with van der Waals surface area (Å²) in [5.74, 6) is -1.04. The minimum absolute atomic E-state index is 0.104. The molecule has 0 aliphatic carbocycles. The maximum absolute atomic E-state index is 14.6. The van der Waals surface area contributed by atoms with Crippen LogP contribution in [-0.2, 0) is 6.54 Å². The summed E-state index contributed by atoms with van der Waals surface area (Å²) >= 11 is 0. The van der Waals surface area contributed by atoms with Gasteiger partial charge in [-0.05, 0) is 43.2 Å². The third kappa shape index (κ3) is 4.79. The van der Waals surface area contributed by atoms with E-state index in [0.717, 1.165) is 11.6 Å². The molecule has 0 saturated carbocycles. The molecule has 0 spiro atoms. The van der Waals surface area contributed by atoms with Gasteiger partial charge in [0, 0.05) is 6.54 Å². The lowest BCUT2D eigenvalue weighted by Crippen LogP contribution is -2.40. The summed E-state index contributed by atoms with van der Waals surface area (Å²) in [5, 5.41) is 2.65. The highest BCUT2D eigenvalue weighted by atomic mass is 19.4. The summed E-state index contributed by atoms with van der Waals surface area (Å²) in [7, 11) is 0. The Bertz CT molecular complexity index is 1560. The molecule has 0 saturated heterocycles. The van der Waals surface area contributed by atoms with Gasteiger partial charge in [0.2, 0.25) is 0 Å². The summed E-state index contributed by atoms with van der Waals surface area (Å²) < 4.78 is 59.0. The number of anilines is 1. The number of urea groups is 1. The van der Waals surface area contributed by atoms with Crippen LogP contribution in [0, 0.1) is 5.82 Å². The maximum Gasteiger partial charge on any atom is 0.573 e. The number of amides is 2. The first-order valence-electron chi connectivity index (χ1n) is 11.8. The van der Waals surface area contributed by atoms with E-state index in [1.54, 1.807) is 31.2 Å². The number of aromatic nitrogens is 2. The molecule has 2 atom stereocenters. The molecule has 1 unspecified atom stereocenters. The van der Waals surface area contributed by atoms with Crippen molar-refractivity contribution < 1.29 is 27.1 Å². The van der Waals surface area contributed by atoms with Gasteiger partial charge in [-0.1, -0.05) is 48.5 Å². The van der Waals surface area contributed by atoms with Gasteiger partial charge < -0.3 is 15.0 Å². The van der Waals surface area contributed by atoms with E-state index in [-0.39, 0.29) is 29.0 Å². The molecule has 0 radical (unpaired) electrons. The highest BCUT2D eigenvalue weighted by Gasteiger charge is 2.38. The van der Waals surface area contributed by atoms with E-state index >= 15 is 0 Å². The second-order valence-electron chi connectivity index (χ2n) is 8.84. The summed E-state index contributed by atoms with van der Waals surface area (Å²) in [6.07, 6.45) is -4.66. The second kappa shape index (κ2) is 9.81. The third-order valence-electron chi connectivity index (χ3n) is 6.51. The van der Waals surface area contributed by atoms with Gasteiger partial charge in [-0.3, -0.25) is 9.36 Å². The number of carbonyl (C=O) groups is 1. The van der Waals surface area contributed by atoms with Crippen molar-refractivity contribution in [2.45, 2.75) is 38.3 Å². The van der Waals surface area contributed by atoms with E-state index < -0.39 is 41.6 Å². The molecule has 4 aromatic rings. The summed E-state index contributed by atoms with van der Waals surface area (Å²) in [5.41, 5.74) is 0.0270. The predicted octanol–water partition coefficient (Wildman–Crippen LogP) is 6.17. The predicted molar refractivity (Wildman–Crippen MR) is 132 cm³/mol. The number of hydrogen-bond acceptors (Lipinski definition) is 4. The molecule has 0 fully saturated rings. The van der Waals surface area contributed by atoms with Crippen molar-refractivity contribution in [1.82, 2.24) is 14.5 Å². The lowest BCUT2D eigenvalue weighted by atomic mass is 10.0. The standard InChI is InChI=1S/C27H22F4N4O3/c1-16(17-8-3-2-4-9-17)35(26(37)32-20-12-5-6-13-22(20)38-27(29,30)31)21-14-15-34-24(21)33-23-18(25(34)36)10-7-11-19(23)28/h2-13,16,21H,14-15H2,1H3,(H,32,37)/t16-,21?/m0/s1. The van der Waals surface area contributed by atoms with Crippen LogP contribution in [0.25, 0.3) is 10.9 Å². The van der Waals surface area contributed by atoms with Crippen LogP contribution >= 0.6 is 0 Å². The summed E-state index contributed by atoms with van der Waals surface area (Å²) in [6.45, 7) is 1.99. The monoisotopic (exact) mass is 526 g/mol. The molecule has 2 amide bonds. The van der Waals surface area contributed by atoms with Crippen LogP contribution in [0.2, 0.25) is 0 Å². The van der Waals surface area contributed by atoms with Crippen molar-refractivity contribution >= 4 is 22.6 Å². The molecule has 0 bridgehead atoms. The molecule has 11 heteroatoms. The molecule has 196 valence electrons. The van der Waals surface area contributed by atoms with Crippen LogP contribution in [0.5, 0.6) is 5.75 Å². The van der Waals surface area contributed by atoms with Gasteiger partial charge in [-0.2, -0.15) is 0 Å². The molecule has 1 aliphatic heterocycles. The third-order valence-corrected chi connectivity index (χ3v) is 6.51. The van der Waals surface area contributed by atoms with Gasteiger partial charge in [-0.25, -0.2) is 14.2 Å². The number of nitrogens with zero attached hydrogens (tertiary/aromatic N) is 3. The Morgan fingerprint density at radius 2 is 1.79 bits per heavy atom. The molecule has 7 nitrogen and oxygen atoms in total. The van der Waals surface area contributed by atoms with Gasteiger partial charge in [0.1, 0.15) is 17.2 Å². The Morgan fingerprint density at radius 1 is 1.08 bits per heavy atom. The highest BCUT2D eigenvalue weighted by molar-refractivity contribution is 5.91. The first kappa shape index (κ1) is 25.2. The largest absolute Gasteiger partial charge is 0.573 e. The quantitative estimate of drug-likeness (QED) is 0.316. The SMILES string of the molecule is C[C@@H](c1ccccc1)N(C(=O)Nc1ccccc1OC(F)(F)F)C1CCn2c1nc1c(F)cccc1c2=O. The lowest BCUT2D eigenvalue weighted by Gasteiger charge is -2.34. The van der Waals surface area contributed by atoms with Crippen LogP contribution in [-0.4, -0.2) is 26.8 Å². The van der Waals surface area contributed by atoms with Crippen LogP contribution < -0.4 is 15.6 Å². The Morgan fingerprint density at radius 3 is 2.53 bits per heavy atom. The molecular weight excluding hydrogens is 504 g/mol. The zero-order valence-corrected chi connectivity index (χ0v) is 20.1. The van der Waals surface area contributed by atoms with Crippen molar-refractivity contribution in [2.75, 3.05) is 5.32 Å².